The second-order valence-corrected chi connectivity index (χ2v) is 8.05. The maximum atomic E-state index is 4.93. The third-order valence-electron chi connectivity index (χ3n) is 3.08. The molecule has 0 saturated heterocycles. The predicted molar refractivity (Wildman–Crippen MR) is 78.4 cm³/mol. The number of benzene rings is 1. The molecule has 1 atom stereocenters. The van der Waals surface area contributed by atoms with Gasteiger partial charge in [-0.05, 0) is 11.1 Å². The van der Waals surface area contributed by atoms with Crippen LogP contribution in [0.4, 0.5) is 0 Å². The van der Waals surface area contributed by atoms with E-state index in [0.29, 0.717) is 5.92 Å². The van der Waals surface area contributed by atoms with Crippen molar-refractivity contribution in [3.63, 3.8) is 0 Å². The van der Waals surface area contributed by atoms with Crippen molar-refractivity contribution >= 4 is 23.1 Å². The van der Waals surface area contributed by atoms with Crippen LogP contribution in [0.2, 0.25) is 0 Å². The summed E-state index contributed by atoms with van der Waals surface area (Å²) in [5.41, 5.74) is 2.93. The first kappa shape index (κ1) is 16.5. The van der Waals surface area contributed by atoms with Gasteiger partial charge in [-0.1, -0.05) is 56.2 Å². The second kappa shape index (κ2) is 10.2. The summed E-state index contributed by atoms with van der Waals surface area (Å²) < 4.78 is 0. The van der Waals surface area contributed by atoms with E-state index in [1.165, 1.54) is 36.8 Å². The van der Waals surface area contributed by atoms with Crippen LogP contribution in [0.15, 0.2) is 30.3 Å². The molecule has 18 heavy (non-hydrogen) atoms. The molecule has 2 rings (SSSR count). The minimum absolute atomic E-state index is 0.661. The fraction of sp³-hybridized carbons (Fsp3) is 0.400. The van der Waals surface area contributed by atoms with Crippen LogP contribution >= 0.6 is 17.0 Å². The summed E-state index contributed by atoms with van der Waals surface area (Å²) in [5.74, 6) is 0.661. The van der Waals surface area contributed by atoms with Crippen LogP contribution in [-0.2, 0) is 20.8 Å². The van der Waals surface area contributed by atoms with Crippen LogP contribution in [0.25, 0.3) is 6.08 Å². The molecule has 0 aromatic heterocycles. The number of hydrogen-bond donors (Lipinski definition) is 0. The zero-order valence-corrected chi connectivity index (χ0v) is 14.7. The molecule has 0 bridgehead atoms. The van der Waals surface area contributed by atoms with Gasteiger partial charge in [-0.15, -0.1) is 0 Å². The van der Waals surface area contributed by atoms with Crippen molar-refractivity contribution in [3.05, 3.63) is 47.9 Å². The van der Waals surface area contributed by atoms with E-state index in [0.717, 1.165) is 0 Å². The molecule has 0 aliphatic heterocycles. The summed E-state index contributed by atoms with van der Waals surface area (Å²) >= 11 is -0.826. The zero-order chi connectivity index (χ0) is 13.2. The number of fused-ring (bicyclic) bond motifs is 1. The molecule has 0 amide bonds. The summed E-state index contributed by atoms with van der Waals surface area (Å²) in [6, 6.07) is 8.74. The first-order valence-corrected chi connectivity index (χ1v) is 12.7. The number of rotatable bonds is 5. The van der Waals surface area contributed by atoms with Gasteiger partial charge in [0.15, 0.2) is 0 Å². The topological polar surface area (TPSA) is 0 Å². The van der Waals surface area contributed by atoms with Crippen molar-refractivity contribution in [1.82, 2.24) is 0 Å². The van der Waals surface area contributed by atoms with E-state index in [1.807, 2.05) is 0 Å². The minimum atomic E-state index is -0.826. The van der Waals surface area contributed by atoms with Crippen LogP contribution in [-0.4, -0.2) is 0 Å². The van der Waals surface area contributed by atoms with E-state index in [1.54, 1.807) is 0 Å². The zero-order valence-electron chi connectivity index (χ0n) is 10.7. The SMILES string of the molecule is CCC[CH-]CCC1C=Cc2ccccc21.[Cl][Zr][Cl]. The number of hydrogen-bond acceptors (Lipinski definition) is 0. The van der Waals surface area contributed by atoms with Crippen molar-refractivity contribution in [2.24, 2.45) is 0 Å². The molecule has 0 heterocycles. The molecule has 1 aliphatic rings. The monoisotopic (exact) mass is 359 g/mol. The fourth-order valence-electron chi connectivity index (χ4n) is 2.22. The molecule has 1 unspecified atom stereocenters. The normalized spacial score (nSPS) is 15.8. The molecule has 0 nitrogen and oxygen atoms in total. The third-order valence-corrected chi connectivity index (χ3v) is 3.08. The van der Waals surface area contributed by atoms with E-state index in [2.05, 4.69) is 49.8 Å². The molecule has 0 spiro atoms. The molecule has 0 fully saturated rings. The Kier molecular flexibility index (Phi) is 9.37. The summed E-state index contributed by atoms with van der Waals surface area (Å²) in [5, 5.41) is 0. The van der Waals surface area contributed by atoms with Gasteiger partial charge < -0.3 is 6.42 Å². The van der Waals surface area contributed by atoms with Gasteiger partial charge >= 0.3 is 37.9 Å². The van der Waals surface area contributed by atoms with E-state index in [4.69, 9.17) is 17.0 Å². The molecular formula is C15H19Cl2Zr-. The number of unbranched alkanes of at least 4 members (excludes halogenated alkanes) is 3. The van der Waals surface area contributed by atoms with Crippen molar-refractivity contribution in [3.8, 4) is 0 Å². The van der Waals surface area contributed by atoms with Crippen molar-refractivity contribution < 1.29 is 20.8 Å². The molecule has 1 aliphatic carbocycles. The fourth-order valence-corrected chi connectivity index (χ4v) is 2.22. The van der Waals surface area contributed by atoms with Crippen molar-refractivity contribution in [1.29, 1.82) is 0 Å². The average molecular weight is 361 g/mol. The van der Waals surface area contributed by atoms with Crippen molar-refractivity contribution in [2.45, 2.75) is 38.5 Å². The van der Waals surface area contributed by atoms with Crippen LogP contribution < -0.4 is 0 Å². The van der Waals surface area contributed by atoms with Crippen LogP contribution in [0.3, 0.4) is 0 Å². The maximum absolute atomic E-state index is 4.93. The summed E-state index contributed by atoms with van der Waals surface area (Å²) in [4.78, 5) is 0. The number of allylic oxidation sites excluding steroid dienone is 1. The molecule has 1 aromatic rings. The van der Waals surface area contributed by atoms with Gasteiger partial charge in [0.25, 0.3) is 0 Å². The van der Waals surface area contributed by atoms with Gasteiger partial charge in [0.2, 0.25) is 0 Å². The van der Waals surface area contributed by atoms with Crippen molar-refractivity contribution in [2.75, 3.05) is 0 Å². The Morgan fingerprint density at radius 1 is 1.22 bits per heavy atom. The standard InChI is InChI=1S/C15H19.2ClH.Zr/c1-2-3-4-5-8-13-11-12-14-9-6-7-10-15(13)14;;;/h4,6-7,9-13H,2-3,5,8H2,1H3;2*1H;/q-1;;;+2/p-2. The molecule has 98 valence electrons. The van der Waals surface area contributed by atoms with E-state index >= 15 is 0 Å². The van der Waals surface area contributed by atoms with Gasteiger partial charge in [0, 0.05) is 5.92 Å². The predicted octanol–water partition coefficient (Wildman–Crippen LogP) is 5.96. The van der Waals surface area contributed by atoms with E-state index < -0.39 is 20.8 Å². The Hall–Kier alpha value is 0.423. The number of halogens is 2. The third kappa shape index (κ3) is 5.60. The Morgan fingerprint density at radius 2 is 1.94 bits per heavy atom. The molecule has 0 radical (unpaired) electrons. The molecule has 0 N–H and O–H groups in total. The Labute approximate surface area is 129 Å². The Bertz CT molecular complexity index is 363. The molecular weight excluding hydrogens is 342 g/mol. The van der Waals surface area contributed by atoms with Gasteiger partial charge in [-0.25, -0.2) is 0 Å². The molecule has 0 saturated carbocycles. The first-order valence-electron chi connectivity index (χ1n) is 6.38. The summed E-state index contributed by atoms with van der Waals surface area (Å²) in [6.07, 6.45) is 12.1. The van der Waals surface area contributed by atoms with Crippen LogP contribution in [0.5, 0.6) is 0 Å². The van der Waals surface area contributed by atoms with Gasteiger partial charge in [0.1, 0.15) is 0 Å². The quantitative estimate of drug-likeness (QED) is 0.448. The summed E-state index contributed by atoms with van der Waals surface area (Å²) in [6.45, 7) is 2.24. The average Bonchev–Trinajstić information content (AvgIpc) is 2.79. The first-order chi connectivity index (χ1) is 8.83. The van der Waals surface area contributed by atoms with Gasteiger partial charge in [-0.2, -0.15) is 12.8 Å². The van der Waals surface area contributed by atoms with Gasteiger partial charge in [-0.3, -0.25) is 0 Å². The van der Waals surface area contributed by atoms with E-state index in [-0.39, 0.29) is 0 Å². The molecule has 1 aromatic carbocycles. The van der Waals surface area contributed by atoms with E-state index in [9.17, 15) is 0 Å². The van der Waals surface area contributed by atoms with Crippen LogP contribution in [0.1, 0.15) is 49.7 Å². The molecule has 3 heteroatoms. The van der Waals surface area contributed by atoms with Crippen LogP contribution in [0, 0.1) is 6.42 Å². The second-order valence-electron chi connectivity index (χ2n) is 4.32. The summed E-state index contributed by atoms with van der Waals surface area (Å²) in [7, 11) is 9.87. The Morgan fingerprint density at radius 3 is 2.67 bits per heavy atom. The Balaban J connectivity index is 0.000000492. The van der Waals surface area contributed by atoms with Gasteiger partial charge in [0.05, 0.1) is 0 Å².